The lowest BCUT2D eigenvalue weighted by Gasteiger charge is -2.14. The Balaban J connectivity index is 2.12. The number of hydrogen-bond donors (Lipinski definition) is 1. The molecule has 0 atom stereocenters. The number of nitrogens with zero attached hydrogens (tertiary/aromatic N) is 1. The van der Waals surface area contributed by atoms with Gasteiger partial charge in [0.2, 0.25) is 5.91 Å². The van der Waals surface area contributed by atoms with Gasteiger partial charge in [-0.1, -0.05) is 24.3 Å². The van der Waals surface area contributed by atoms with Gasteiger partial charge in [-0.15, -0.1) is 0 Å². The molecule has 0 saturated heterocycles. The van der Waals surface area contributed by atoms with Gasteiger partial charge in [0.15, 0.2) is 0 Å². The Morgan fingerprint density at radius 1 is 1.21 bits per heavy atom. The SMILES string of the molecule is COc1ccc(CNC(=O)CC#N)c(OCc2ccccc2C)c1. The summed E-state index contributed by atoms with van der Waals surface area (Å²) in [5.74, 6) is 1.02. The molecule has 0 aliphatic carbocycles. The average molecular weight is 324 g/mol. The molecule has 0 spiro atoms. The Hall–Kier alpha value is -3.00. The molecule has 1 N–H and O–H groups in total. The van der Waals surface area contributed by atoms with E-state index >= 15 is 0 Å². The van der Waals surface area contributed by atoms with Gasteiger partial charge in [0.1, 0.15) is 24.5 Å². The van der Waals surface area contributed by atoms with Crippen molar-refractivity contribution in [3.05, 3.63) is 59.2 Å². The summed E-state index contributed by atoms with van der Waals surface area (Å²) in [6.45, 7) is 2.76. The van der Waals surface area contributed by atoms with Crippen LogP contribution in [-0.2, 0) is 17.9 Å². The number of methoxy groups -OCH3 is 1. The van der Waals surface area contributed by atoms with Crippen LogP contribution in [0.25, 0.3) is 0 Å². The van der Waals surface area contributed by atoms with Crippen LogP contribution in [0.5, 0.6) is 11.5 Å². The van der Waals surface area contributed by atoms with Crippen molar-refractivity contribution < 1.29 is 14.3 Å². The summed E-state index contributed by atoms with van der Waals surface area (Å²) in [4.78, 5) is 11.5. The van der Waals surface area contributed by atoms with Crippen LogP contribution in [0.3, 0.4) is 0 Å². The zero-order valence-corrected chi connectivity index (χ0v) is 13.8. The van der Waals surface area contributed by atoms with Gasteiger partial charge in [-0.25, -0.2) is 0 Å². The van der Waals surface area contributed by atoms with Crippen LogP contribution in [0.1, 0.15) is 23.1 Å². The first-order valence-corrected chi connectivity index (χ1v) is 7.62. The Morgan fingerprint density at radius 3 is 2.71 bits per heavy atom. The smallest absolute Gasteiger partial charge is 0.234 e. The fourth-order valence-electron chi connectivity index (χ4n) is 2.20. The van der Waals surface area contributed by atoms with Crippen LogP contribution < -0.4 is 14.8 Å². The molecule has 5 nitrogen and oxygen atoms in total. The molecule has 2 aromatic rings. The molecule has 124 valence electrons. The molecule has 24 heavy (non-hydrogen) atoms. The second kappa shape index (κ2) is 8.59. The van der Waals surface area contributed by atoms with Gasteiger partial charge < -0.3 is 14.8 Å². The number of nitrogens with one attached hydrogen (secondary N) is 1. The maximum atomic E-state index is 11.5. The van der Waals surface area contributed by atoms with Crippen LogP contribution in [0.4, 0.5) is 0 Å². The van der Waals surface area contributed by atoms with E-state index in [4.69, 9.17) is 14.7 Å². The number of aryl methyl sites for hydroxylation is 1. The molecule has 0 heterocycles. The first kappa shape index (κ1) is 17.4. The molecule has 0 aliphatic rings. The molecule has 1 amide bonds. The molecule has 0 bridgehead atoms. The highest BCUT2D eigenvalue weighted by molar-refractivity contribution is 5.78. The van der Waals surface area contributed by atoms with Crippen LogP contribution in [0.15, 0.2) is 42.5 Å². The van der Waals surface area contributed by atoms with E-state index in [1.807, 2.05) is 49.4 Å². The second-order valence-corrected chi connectivity index (χ2v) is 5.30. The van der Waals surface area contributed by atoms with Gasteiger partial charge >= 0.3 is 0 Å². The van der Waals surface area contributed by atoms with Crippen molar-refractivity contribution >= 4 is 5.91 Å². The average Bonchev–Trinajstić information content (AvgIpc) is 2.60. The third kappa shape index (κ3) is 4.75. The minimum atomic E-state index is -0.307. The van der Waals surface area contributed by atoms with E-state index < -0.39 is 0 Å². The van der Waals surface area contributed by atoms with Crippen molar-refractivity contribution in [3.63, 3.8) is 0 Å². The summed E-state index contributed by atoms with van der Waals surface area (Å²) in [5, 5.41) is 11.2. The van der Waals surface area contributed by atoms with Crippen LogP contribution in [0.2, 0.25) is 0 Å². The van der Waals surface area contributed by atoms with E-state index in [9.17, 15) is 4.79 Å². The Kier molecular flexibility index (Phi) is 6.21. The fourth-order valence-corrected chi connectivity index (χ4v) is 2.20. The first-order chi connectivity index (χ1) is 11.6. The Labute approximate surface area is 141 Å². The number of nitriles is 1. The maximum Gasteiger partial charge on any atom is 0.234 e. The number of carbonyl (C=O) groups excluding carboxylic acids is 1. The fraction of sp³-hybridized carbons (Fsp3) is 0.263. The van der Waals surface area contributed by atoms with E-state index in [1.54, 1.807) is 13.2 Å². The van der Waals surface area contributed by atoms with E-state index in [2.05, 4.69) is 5.32 Å². The molecule has 2 aromatic carbocycles. The maximum absolute atomic E-state index is 11.5. The second-order valence-electron chi connectivity index (χ2n) is 5.30. The zero-order valence-electron chi connectivity index (χ0n) is 13.8. The Bertz CT molecular complexity index is 751. The predicted molar refractivity (Wildman–Crippen MR) is 90.6 cm³/mol. The molecule has 0 radical (unpaired) electrons. The summed E-state index contributed by atoms with van der Waals surface area (Å²) in [5.41, 5.74) is 3.08. The summed E-state index contributed by atoms with van der Waals surface area (Å²) in [6, 6.07) is 15.3. The summed E-state index contributed by atoms with van der Waals surface area (Å²) < 4.78 is 11.2. The third-order valence-electron chi connectivity index (χ3n) is 3.63. The molecule has 0 aliphatic heterocycles. The molecular formula is C19H20N2O3. The van der Waals surface area contributed by atoms with Crippen LogP contribution in [-0.4, -0.2) is 13.0 Å². The third-order valence-corrected chi connectivity index (χ3v) is 3.63. The monoisotopic (exact) mass is 324 g/mol. The van der Waals surface area contributed by atoms with Crippen molar-refractivity contribution in [1.29, 1.82) is 5.26 Å². The standard InChI is InChI=1S/C19H20N2O3/c1-14-5-3-4-6-16(14)13-24-18-11-17(23-2)8-7-15(18)12-21-19(22)9-10-20/h3-8,11H,9,12-13H2,1-2H3,(H,21,22). The molecule has 2 rings (SSSR count). The van der Waals surface area contributed by atoms with E-state index in [1.165, 1.54) is 0 Å². The number of benzene rings is 2. The highest BCUT2D eigenvalue weighted by atomic mass is 16.5. The highest BCUT2D eigenvalue weighted by Gasteiger charge is 2.09. The van der Waals surface area contributed by atoms with E-state index in [-0.39, 0.29) is 12.3 Å². The number of hydrogen-bond acceptors (Lipinski definition) is 4. The lowest BCUT2D eigenvalue weighted by molar-refractivity contribution is -0.120. The lowest BCUT2D eigenvalue weighted by atomic mass is 10.1. The van der Waals surface area contributed by atoms with Gasteiger partial charge in [-0.05, 0) is 30.2 Å². The quantitative estimate of drug-likeness (QED) is 0.849. The zero-order chi connectivity index (χ0) is 17.4. The molecule has 0 fully saturated rings. The van der Waals surface area contributed by atoms with Crippen molar-refractivity contribution in [3.8, 4) is 17.6 Å². The molecular weight excluding hydrogens is 304 g/mol. The van der Waals surface area contributed by atoms with Gasteiger partial charge in [0.25, 0.3) is 0 Å². The number of ether oxygens (including phenoxy) is 2. The number of carbonyl (C=O) groups is 1. The molecule has 5 heteroatoms. The predicted octanol–water partition coefficient (Wildman–Crippen LogP) is 3.11. The van der Waals surface area contributed by atoms with Crippen molar-refractivity contribution in [2.45, 2.75) is 26.5 Å². The number of amides is 1. The van der Waals surface area contributed by atoms with Gasteiger partial charge in [0, 0.05) is 18.2 Å². The van der Waals surface area contributed by atoms with Gasteiger partial charge in [0.05, 0.1) is 13.2 Å². The van der Waals surface area contributed by atoms with Gasteiger partial charge in [-0.2, -0.15) is 5.26 Å². The van der Waals surface area contributed by atoms with E-state index in [0.717, 1.165) is 16.7 Å². The van der Waals surface area contributed by atoms with Crippen molar-refractivity contribution in [1.82, 2.24) is 5.32 Å². The molecule has 0 unspecified atom stereocenters. The minimum Gasteiger partial charge on any atom is -0.497 e. The largest absolute Gasteiger partial charge is 0.497 e. The number of rotatable bonds is 7. The van der Waals surface area contributed by atoms with Gasteiger partial charge in [-0.3, -0.25) is 4.79 Å². The summed E-state index contributed by atoms with van der Waals surface area (Å²) >= 11 is 0. The normalized spacial score (nSPS) is 9.88. The summed E-state index contributed by atoms with van der Waals surface area (Å²) in [7, 11) is 1.59. The molecule has 0 saturated carbocycles. The van der Waals surface area contributed by atoms with Crippen molar-refractivity contribution in [2.75, 3.05) is 7.11 Å². The highest BCUT2D eigenvalue weighted by Crippen LogP contribution is 2.26. The van der Waals surface area contributed by atoms with Crippen LogP contribution >= 0.6 is 0 Å². The Morgan fingerprint density at radius 2 is 2.00 bits per heavy atom. The topological polar surface area (TPSA) is 71.3 Å². The summed E-state index contributed by atoms with van der Waals surface area (Å²) in [6.07, 6.45) is -0.157. The van der Waals surface area contributed by atoms with E-state index in [0.29, 0.717) is 24.7 Å². The molecule has 0 aromatic heterocycles. The van der Waals surface area contributed by atoms with Crippen molar-refractivity contribution in [2.24, 2.45) is 0 Å². The minimum absolute atomic E-state index is 0.157. The first-order valence-electron chi connectivity index (χ1n) is 7.62. The lowest BCUT2D eigenvalue weighted by Crippen LogP contribution is -2.22. The van der Waals surface area contributed by atoms with Crippen LogP contribution in [0, 0.1) is 18.3 Å².